The zero-order valence-electron chi connectivity index (χ0n) is 12.0. The Morgan fingerprint density at radius 3 is 2.65 bits per heavy atom. The highest BCUT2D eigenvalue weighted by molar-refractivity contribution is 9.10. The van der Waals surface area contributed by atoms with Gasteiger partial charge in [-0.3, -0.25) is 0 Å². The van der Waals surface area contributed by atoms with E-state index in [1.165, 1.54) is 0 Å². The van der Waals surface area contributed by atoms with E-state index in [9.17, 15) is 4.79 Å². The van der Waals surface area contributed by atoms with Crippen molar-refractivity contribution in [1.29, 1.82) is 0 Å². The number of hydrogen-bond acceptors (Lipinski definition) is 4. The standard InChI is InChI=1S/C17H11Br2NO3/c1-22-15-6-5-12(19)9-13(15)16-20-14(17(21)23-16)8-10-3-2-4-11(18)7-10/h2-9H,1H3/b14-8-. The van der Waals surface area contributed by atoms with E-state index in [4.69, 9.17) is 9.47 Å². The Morgan fingerprint density at radius 1 is 1.13 bits per heavy atom. The quantitative estimate of drug-likeness (QED) is 0.523. The van der Waals surface area contributed by atoms with Gasteiger partial charge in [0.15, 0.2) is 5.70 Å². The average Bonchev–Trinajstić information content (AvgIpc) is 2.88. The van der Waals surface area contributed by atoms with E-state index in [2.05, 4.69) is 36.9 Å². The van der Waals surface area contributed by atoms with Crippen molar-refractivity contribution in [2.24, 2.45) is 4.99 Å². The van der Waals surface area contributed by atoms with Crippen molar-refractivity contribution in [3.63, 3.8) is 0 Å². The lowest BCUT2D eigenvalue weighted by Crippen LogP contribution is -2.07. The van der Waals surface area contributed by atoms with Gasteiger partial charge < -0.3 is 9.47 Å². The fraction of sp³-hybridized carbons (Fsp3) is 0.0588. The molecule has 3 rings (SSSR count). The number of benzene rings is 2. The van der Waals surface area contributed by atoms with Gasteiger partial charge in [0.25, 0.3) is 0 Å². The van der Waals surface area contributed by atoms with Gasteiger partial charge >= 0.3 is 5.97 Å². The monoisotopic (exact) mass is 435 g/mol. The number of aliphatic imine (C=N–C) groups is 1. The van der Waals surface area contributed by atoms with Gasteiger partial charge in [-0.1, -0.05) is 44.0 Å². The van der Waals surface area contributed by atoms with E-state index in [0.29, 0.717) is 11.3 Å². The van der Waals surface area contributed by atoms with E-state index in [1.54, 1.807) is 25.3 Å². The molecule has 0 radical (unpaired) electrons. The summed E-state index contributed by atoms with van der Waals surface area (Å²) in [5.74, 6) is 0.333. The molecule has 1 aliphatic rings. The summed E-state index contributed by atoms with van der Waals surface area (Å²) in [6, 6.07) is 13.0. The maximum Gasteiger partial charge on any atom is 0.363 e. The van der Waals surface area contributed by atoms with Crippen LogP contribution in [0.1, 0.15) is 11.1 Å². The number of ether oxygens (including phenoxy) is 2. The fourth-order valence-corrected chi connectivity index (χ4v) is 2.90. The van der Waals surface area contributed by atoms with Gasteiger partial charge in [-0.25, -0.2) is 9.79 Å². The van der Waals surface area contributed by atoms with Crippen LogP contribution >= 0.6 is 31.9 Å². The van der Waals surface area contributed by atoms with Crippen molar-refractivity contribution in [3.8, 4) is 5.75 Å². The Morgan fingerprint density at radius 2 is 1.91 bits per heavy atom. The van der Waals surface area contributed by atoms with Gasteiger partial charge in [-0.05, 0) is 42.0 Å². The Kier molecular flexibility index (Phi) is 4.63. The number of carbonyl (C=O) groups is 1. The highest BCUT2D eigenvalue weighted by Gasteiger charge is 2.26. The SMILES string of the molecule is COc1ccc(Br)cc1C1=N/C(=C\c2cccc(Br)c2)C(=O)O1. The van der Waals surface area contributed by atoms with Gasteiger partial charge in [0.2, 0.25) is 5.90 Å². The van der Waals surface area contributed by atoms with Crippen LogP contribution in [0.5, 0.6) is 5.75 Å². The summed E-state index contributed by atoms with van der Waals surface area (Å²) in [6.07, 6.45) is 1.69. The van der Waals surface area contributed by atoms with Crippen LogP contribution in [-0.2, 0) is 9.53 Å². The first-order valence-corrected chi connectivity index (χ1v) is 8.27. The zero-order chi connectivity index (χ0) is 16.4. The molecule has 0 aliphatic carbocycles. The van der Waals surface area contributed by atoms with E-state index >= 15 is 0 Å². The van der Waals surface area contributed by atoms with Crippen LogP contribution in [0.15, 0.2) is 62.1 Å². The van der Waals surface area contributed by atoms with Crippen molar-refractivity contribution < 1.29 is 14.3 Å². The molecule has 0 aromatic heterocycles. The highest BCUT2D eigenvalue weighted by Crippen LogP contribution is 2.28. The lowest BCUT2D eigenvalue weighted by atomic mass is 10.2. The minimum absolute atomic E-state index is 0.231. The molecule has 2 aromatic rings. The summed E-state index contributed by atoms with van der Waals surface area (Å²) in [6.45, 7) is 0. The normalized spacial score (nSPS) is 15.5. The Bertz CT molecular complexity index is 843. The third-order valence-electron chi connectivity index (χ3n) is 3.16. The molecule has 1 aliphatic heterocycles. The maximum absolute atomic E-state index is 12.1. The summed E-state index contributed by atoms with van der Waals surface area (Å²) in [7, 11) is 1.56. The number of esters is 1. The molecule has 0 bridgehead atoms. The predicted octanol–water partition coefficient (Wildman–Crippen LogP) is 4.56. The molecule has 1 heterocycles. The van der Waals surface area contributed by atoms with Crippen LogP contribution in [0, 0.1) is 0 Å². The van der Waals surface area contributed by atoms with E-state index < -0.39 is 5.97 Å². The second-order valence-electron chi connectivity index (χ2n) is 4.74. The minimum Gasteiger partial charge on any atom is -0.496 e. The van der Waals surface area contributed by atoms with Crippen LogP contribution in [-0.4, -0.2) is 19.0 Å². The molecule has 116 valence electrons. The molecule has 2 aromatic carbocycles. The molecular formula is C17H11Br2NO3. The van der Waals surface area contributed by atoms with Gasteiger partial charge in [0, 0.05) is 8.95 Å². The van der Waals surface area contributed by atoms with Crippen LogP contribution in [0.3, 0.4) is 0 Å². The number of halogens is 2. The van der Waals surface area contributed by atoms with Crippen LogP contribution < -0.4 is 4.74 Å². The Hall–Kier alpha value is -1.92. The Balaban J connectivity index is 2.00. The van der Waals surface area contributed by atoms with Crippen LogP contribution in [0.2, 0.25) is 0 Å². The smallest absolute Gasteiger partial charge is 0.363 e. The van der Waals surface area contributed by atoms with Gasteiger partial charge in [0.05, 0.1) is 12.7 Å². The number of hydrogen-bond donors (Lipinski definition) is 0. The summed E-state index contributed by atoms with van der Waals surface area (Å²) < 4.78 is 12.4. The number of cyclic esters (lactones) is 1. The average molecular weight is 437 g/mol. The van der Waals surface area contributed by atoms with Crippen molar-refractivity contribution in [3.05, 3.63) is 68.2 Å². The summed E-state index contributed by atoms with van der Waals surface area (Å²) in [5.41, 5.74) is 1.73. The van der Waals surface area contributed by atoms with E-state index in [-0.39, 0.29) is 11.6 Å². The molecule has 6 heteroatoms. The summed E-state index contributed by atoms with van der Waals surface area (Å²) >= 11 is 6.79. The largest absolute Gasteiger partial charge is 0.496 e. The zero-order valence-corrected chi connectivity index (χ0v) is 15.2. The Labute approximate surface area is 150 Å². The number of methoxy groups -OCH3 is 1. The maximum atomic E-state index is 12.1. The number of carbonyl (C=O) groups excluding carboxylic acids is 1. The molecule has 0 atom stereocenters. The van der Waals surface area contributed by atoms with Gasteiger partial charge in [0.1, 0.15) is 5.75 Å². The molecule has 23 heavy (non-hydrogen) atoms. The van der Waals surface area contributed by atoms with Gasteiger partial charge in [-0.15, -0.1) is 0 Å². The van der Waals surface area contributed by atoms with Crippen LogP contribution in [0.4, 0.5) is 0 Å². The van der Waals surface area contributed by atoms with Gasteiger partial charge in [-0.2, -0.15) is 0 Å². The van der Waals surface area contributed by atoms with Crippen molar-refractivity contribution in [1.82, 2.24) is 0 Å². The number of nitrogens with zero attached hydrogens (tertiary/aromatic N) is 1. The lowest BCUT2D eigenvalue weighted by molar-refractivity contribution is -0.129. The molecule has 0 fully saturated rings. The lowest BCUT2D eigenvalue weighted by Gasteiger charge is -2.07. The second kappa shape index (κ2) is 6.68. The number of rotatable bonds is 3. The molecular weight excluding hydrogens is 426 g/mol. The minimum atomic E-state index is -0.484. The summed E-state index contributed by atoms with van der Waals surface area (Å²) in [5, 5.41) is 0. The molecule has 0 amide bonds. The van der Waals surface area contributed by atoms with Crippen molar-refractivity contribution in [2.45, 2.75) is 0 Å². The highest BCUT2D eigenvalue weighted by atomic mass is 79.9. The predicted molar refractivity (Wildman–Crippen MR) is 95.4 cm³/mol. The van der Waals surface area contributed by atoms with Crippen LogP contribution in [0.25, 0.3) is 6.08 Å². The first-order valence-electron chi connectivity index (χ1n) is 6.69. The fourth-order valence-electron chi connectivity index (χ4n) is 2.13. The molecule has 0 saturated heterocycles. The van der Waals surface area contributed by atoms with E-state index in [0.717, 1.165) is 14.5 Å². The first-order chi connectivity index (χ1) is 11.1. The molecule has 0 unspecified atom stereocenters. The first kappa shape index (κ1) is 16.0. The third kappa shape index (κ3) is 3.54. The van der Waals surface area contributed by atoms with E-state index in [1.807, 2.05) is 30.3 Å². The molecule has 4 nitrogen and oxygen atoms in total. The topological polar surface area (TPSA) is 47.9 Å². The third-order valence-corrected chi connectivity index (χ3v) is 4.15. The second-order valence-corrected chi connectivity index (χ2v) is 6.57. The van der Waals surface area contributed by atoms with Crippen molar-refractivity contribution >= 4 is 49.8 Å². The molecule has 0 saturated carbocycles. The summed E-state index contributed by atoms with van der Waals surface area (Å²) in [4.78, 5) is 16.4. The van der Waals surface area contributed by atoms with Crippen molar-refractivity contribution in [2.75, 3.05) is 7.11 Å². The molecule has 0 spiro atoms. The molecule has 0 N–H and O–H groups in total.